The van der Waals surface area contributed by atoms with Gasteiger partial charge in [-0.25, -0.2) is 0 Å². The summed E-state index contributed by atoms with van der Waals surface area (Å²) in [5.74, 6) is -1.04. The molecular weight excluding hydrogens is 330 g/mol. The second-order valence-corrected chi connectivity index (χ2v) is 6.76. The van der Waals surface area contributed by atoms with Crippen molar-refractivity contribution in [2.45, 2.75) is 18.9 Å². The zero-order chi connectivity index (χ0) is 17.1. The van der Waals surface area contributed by atoms with Crippen LogP contribution in [0.3, 0.4) is 0 Å². The molecule has 7 heteroatoms. The Morgan fingerprint density at radius 2 is 1.88 bits per heavy atom. The van der Waals surface area contributed by atoms with Gasteiger partial charge in [0.05, 0.1) is 17.3 Å². The van der Waals surface area contributed by atoms with Crippen LogP contribution in [0.15, 0.2) is 24.3 Å². The molecule has 0 atom stereocenters. The fourth-order valence-corrected chi connectivity index (χ4v) is 3.80. The predicted octanol–water partition coefficient (Wildman–Crippen LogP) is 1.54. The molecule has 6 nitrogen and oxygen atoms in total. The van der Waals surface area contributed by atoms with Crippen LogP contribution in [0.1, 0.15) is 12.8 Å². The fraction of sp³-hybridized carbons (Fsp3) is 0.529. The van der Waals surface area contributed by atoms with Crippen LogP contribution in [-0.2, 0) is 9.59 Å². The molecule has 1 aromatic carbocycles. The van der Waals surface area contributed by atoms with Crippen LogP contribution in [0.4, 0.5) is 5.69 Å². The molecule has 2 saturated heterocycles. The number of carboxylic acid groups (broad SMARTS) is 1. The number of benzene rings is 1. The summed E-state index contributed by atoms with van der Waals surface area (Å²) in [5, 5.41) is 9.61. The van der Waals surface area contributed by atoms with E-state index in [9.17, 15) is 9.59 Å². The van der Waals surface area contributed by atoms with E-state index < -0.39 is 5.97 Å². The molecule has 2 fully saturated rings. The van der Waals surface area contributed by atoms with Gasteiger partial charge in [0, 0.05) is 32.2 Å². The zero-order valence-electron chi connectivity index (χ0n) is 13.5. The second-order valence-electron chi connectivity index (χ2n) is 6.35. The molecule has 0 radical (unpaired) electrons. The van der Waals surface area contributed by atoms with Crippen LogP contribution in [0.25, 0.3) is 0 Å². The first-order valence-corrected chi connectivity index (χ1v) is 8.65. The second kappa shape index (κ2) is 7.40. The lowest BCUT2D eigenvalue weighted by Gasteiger charge is -2.42. The number of hydrogen-bond acceptors (Lipinski definition) is 4. The number of piperazine rings is 1. The molecule has 0 saturated carbocycles. The van der Waals surface area contributed by atoms with Gasteiger partial charge in [0.25, 0.3) is 0 Å². The molecule has 130 valence electrons. The molecule has 2 aliphatic rings. The number of rotatable bonds is 4. The molecule has 0 aromatic heterocycles. The number of anilines is 1. The van der Waals surface area contributed by atoms with Crippen LogP contribution >= 0.6 is 11.6 Å². The van der Waals surface area contributed by atoms with Gasteiger partial charge in [-0.1, -0.05) is 23.7 Å². The molecule has 0 bridgehead atoms. The first-order valence-electron chi connectivity index (χ1n) is 8.27. The maximum absolute atomic E-state index is 12.1. The summed E-state index contributed by atoms with van der Waals surface area (Å²) in [5.41, 5.74) is 1.07. The number of aliphatic carboxylic acids is 1. The van der Waals surface area contributed by atoms with E-state index >= 15 is 0 Å². The van der Waals surface area contributed by atoms with Crippen LogP contribution in [0, 0.1) is 0 Å². The van der Waals surface area contributed by atoms with Gasteiger partial charge in [-0.3, -0.25) is 14.5 Å². The number of halogens is 1. The third kappa shape index (κ3) is 3.82. The minimum atomic E-state index is -0.954. The minimum Gasteiger partial charge on any atom is -0.480 e. The summed E-state index contributed by atoms with van der Waals surface area (Å²) < 4.78 is 0. The van der Waals surface area contributed by atoms with E-state index in [1.165, 1.54) is 4.90 Å². The Kier molecular flexibility index (Phi) is 5.26. The van der Waals surface area contributed by atoms with Crippen molar-refractivity contribution in [2.75, 3.05) is 44.2 Å². The van der Waals surface area contributed by atoms with Crippen molar-refractivity contribution in [2.24, 2.45) is 0 Å². The van der Waals surface area contributed by atoms with Crippen LogP contribution in [-0.4, -0.2) is 72.1 Å². The largest absolute Gasteiger partial charge is 0.480 e. The zero-order valence-corrected chi connectivity index (χ0v) is 14.3. The van der Waals surface area contributed by atoms with Gasteiger partial charge < -0.3 is 14.9 Å². The number of carbonyl (C=O) groups is 2. The van der Waals surface area contributed by atoms with Gasteiger partial charge in [0.2, 0.25) is 5.91 Å². The Morgan fingerprint density at radius 3 is 2.50 bits per heavy atom. The van der Waals surface area contributed by atoms with E-state index in [-0.39, 0.29) is 12.5 Å². The summed E-state index contributed by atoms with van der Waals surface area (Å²) in [6.45, 7) is 3.20. The van der Waals surface area contributed by atoms with Gasteiger partial charge in [-0.15, -0.1) is 0 Å². The van der Waals surface area contributed by atoms with E-state index in [4.69, 9.17) is 16.7 Å². The number of para-hydroxylation sites is 1. The smallest absolute Gasteiger partial charge is 0.323 e. The lowest BCUT2D eigenvalue weighted by Crippen LogP contribution is -2.56. The van der Waals surface area contributed by atoms with Crippen LogP contribution in [0.5, 0.6) is 0 Å². The molecule has 24 heavy (non-hydrogen) atoms. The average Bonchev–Trinajstić information content (AvgIpc) is 2.57. The lowest BCUT2D eigenvalue weighted by molar-refractivity contribution is -0.147. The fourth-order valence-electron chi connectivity index (χ4n) is 3.55. The first-order chi connectivity index (χ1) is 11.5. The summed E-state index contributed by atoms with van der Waals surface area (Å²) in [6, 6.07) is 8.24. The van der Waals surface area contributed by atoms with Crippen molar-refractivity contribution in [1.82, 2.24) is 9.80 Å². The molecule has 1 N–H and O–H groups in total. The number of hydrogen-bond donors (Lipinski definition) is 1. The Labute approximate surface area is 146 Å². The van der Waals surface area contributed by atoms with Gasteiger partial charge >= 0.3 is 5.97 Å². The highest BCUT2D eigenvalue weighted by Gasteiger charge is 2.31. The molecular formula is C17H22ClN3O3. The van der Waals surface area contributed by atoms with Crippen LogP contribution < -0.4 is 4.90 Å². The Bertz CT molecular complexity index is 617. The summed E-state index contributed by atoms with van der Waals surface area (Å²) in [4.78, 5) is 28.8. The van der Waals surface area contributed by atoms with Gasteiger partial charge in [-0.2, -0.15) is 0 Å². The number of piperidine rings is 1. The minimum absolute atomic E-state index is 0.0859. The SMILES string of the molecule is O=C(O)CN1CCN(C2CCN(c3ccccc3Cl)CC2)CC1=O. The van der Waals surface area contributed by atoms with E-state index in [1.54, 1.807) is 0 Å². The summed E-state index contributed by atoms with van der Waals surface area (Å²) in [6.07, 6.45) is 1.97. The molecule has 2 aliphatic heterocycles. The highest BCUT2D eigenvalue weighted by molar-refractivity contribution is 6.33. The van der Waals surface area contributed by atoms with Crippen molar-refractivity contribution < 1.29 is 14.7 Å². The number of nitrogens with zero attached hydrogens (tertiary/aromatic N) is 3. The molecule has 1 amide bonds. The topological polar surface area (TPSA) is 64.1 Å². The number of amides is 1. The van der Waals surface area contributed by atoms with Gasteiger partial charge in [0.15, 0.2) is 0 Å². The van der Waals surface area contributed by atoms with Crippen molar-refractivity contribution in [3.8, 4) is 0 Å². The monoisotopic (exact) mass is 351 g/mol. The van der Waals surface area contributed by atoms with E-state index in [0.717, 1.165) is 43.2 Å². The standard InChI is InChI=1S/C17H22ClN3O3/c18-14-3-1-2-4-15(14)19-7-5-13(6-8-19)20-9-10-21(12-17(23)24)16(22)11-20/h1-4,13H,5-12H2,(H,23,24). The maximum atomic E-state index is 12.1. The van der Waals surface area contributed by atoms with Crippen molar-refractivity contribution in [1.29, 1.82) is 0 Å². The van der Waals surface area contributed by atoms with Crippen molar-refractivity contribution in [3.05, 3.63) is 29.3 Å². The number of carbonyl (C=O) groups excluding carboxylic acids is 1. The Hall–Kier alpha value is -1.79. The first kappa shape index (κ1) is 17.0. The van der Waals surface area contributed by atoms with Crippen LogP contribution in [0.2, 0.25) is 5.02 Å². The summed E-state index contributed by atoms with van der Waals surface area (Å²) in [7, 11) is 0. The van der Waals surface area contributed by atoms with E-state index in [0.29, 0.717) is 19.1 Å². The maximum Gasteiger partial charge on any atom is 0.323 e. The molecule has 3 rings (SSSR count). The lowest BCUT2D eigenvalue weighted by atomic mass is 10.0. The Balaban J connectivity index is 1.53. The highest BCUT2D eigenvalue weighted by atomic mass is 35.5. The van der Waals surface area contributed by atoms with E-state index in [2.05, 4.69) is 9.80 Å². The number of carboxylic acids is 1. The van der Waals surface area contributed by atoms with Crippen molar-refractivity contribution >= 4 is 29.2 Å². The highest BCUT2D eigenvalue weighted by Crippen LogP contribution is 2.29. The van der Waals surface area contributed by atoms with Gasteiger partial charge in [-0.05, 0) is 25.0 Å². The molecule has 0 spiro atoms. The van der Waals surface area contributed by atoms with Crippen molar-refractivity contribution in [3.63, 3.8) is 0 Å². The normalized spacial score (nSPS) is 20.5. The average molecular weight is 352 g/mol. The quantitative estimate of drug-likeness (QED) is 0.891. The molecule has 1 aromatic rings. The Morgan fingerprint density at radius 1 is 1.17 bits per heavy atom. The van der Waals surface area contributed by atoms with Gasteiger partial charge in [0.1, 0.15) is 6.54 Å². The predicted molar refractivity (Wildman–Crippen MR) is 92.5 cm³/mol. The molecule has 2 heterocycles. The third-order valence-electron chi connectivity index (χ3n) is 4.85. The molecule has 0 unspecified atom stereocenters. The summed E-state index contributed by atoms with van der Waals surface area (Å²) >= 11 is 6.27. The third-order valence-corrected chi connectivity index (χ3v) is 5.17. The molecule has 0 aliphatic carbocycles. The van der Waals surface area contributed by atoms with E-state index in [1.807, 2.05) is 24.3 Å².